The van der Waals surface area contributed by atoms with Crippen LogP contribution in [-0.4, -0.2) is 16.7 Å². The molecule has 154 valence electrons. The number of benzene rings is 1. The molecule has 0 radical (unpaired) electrons. The standard InChI is InChI=1S/C23H24Br2O4/c1-22(2)7-14(26)19(15(27)8-22)18-12-5-11(24)6-13(25)21(12)29-17-10-23(3,4)9-16(28)20(17)18/h5-6,18,26H,7-10H2,1-4H3/t18-/m1/s1. The molecule has 1 atom stereocenters. The minimum atomic E-state index is -0.602. The smallest absolute Gasteiger partial charge is 0.163 e. The van der Waals surface area contributed by atoms with Crippen LogP contribution in [0.2, 0.25) is 0 Å². The summed E-state index contributed by atoms with van der Waals surface area (Å²) in [5.41, 5.74) is 1.09. The Bertz CT molecular complexity index is 1010. The molecule has 0 bridgehead atoms. The lowest BCUT2D eigenvalue weighted by Crippen LogP contribution is -2.36. The summed E-state index contributed by atoms with van der Waals surface area (Å²) >= 11 is 7.08. The molecule has 0 fully saturated rings. The van der Waals surface area contributed by atoms with Gasteiger partial charge in [0.1, 0.15) is 17.3 Å². The molecule has 4 nitrogen and oxygen atoms in total. The normalized spacial score (nSPS) is 25.5. The lowest BCUT2D eigenvalue weighted by atomic mass is 9.66. The summed E-state index contributed by atoms with van der Waals surface area (Å²) < 4.78 is 7.80. The van der Waals surface area contributed by atoms with Crippen LogP contribution in [0.25, 0.3) is 0 Å². The van der Waals surface area contributed by atoms with Crippen LogP contribution >= 0.6 is 31.9 Å². The van der Waals surface area contributed by atoms with Crippen molar-refractivity contribution in [2.24, 2.45) is 10.8 Å². The van der Waals surface area contributed by atoms with Crippen molar-refractivity contribution >= 4 is 43.4 Å². The first-order chi connectivity index (χ1) is 13.4. The SMILES string of the molecule is CC1(C)CC(=O)C([C@@H]2C3=C(CC(C)(C)CC3=O)Oc3c(Br)cc(Br)cc32)=C(O)C1. The maximum atomic E-state index is 13.2. The molecule has 1 aliphatic heterocycles. The molecule has 3 aliphatic rings. The van der Waals surface area contributed by atoms with Gasteiger partial charge in [-0.3, -0.25) is 9.59 Å². The number of aliphatic hydroxyl groups excluding tert-OH is 1. The van der Waals surface area contributed by atoms with Gasteiger partial charge in [0.05, 0.1) is 10.4 Å². The van der Waals surface area contributed by atoms with Crippen molar-refractivity contribution < 1.29 is 19.4 Å². The van der Waals surface area contributed by atoms with Gasteiger partial charge in [-0.1, -0.05) is 43.6 Å². The summed E-state index contributed by atoms with van der Waals surface area (Å²) in [4.78, 5) is 26.4. The molecule has 1 aromatic carbocycles. The Morgan fingerprint density at radius 3 is 2.14 bits per heavy atom. The van der Waals surface area contributed by atoms with E-state index in [0.29, 0.717) is 48.3 Å². The number of Topliss-reactive ketones (excluding diaryl/α,β-unsaturated/α-hetero) is 2. The highest BCUT2D eigenvalue weighted by Gasteiger charge is 2.47. The minimum absolute atomic E-state index is 0.0130. The van der Waals surface area contributed by atoms with Gasteiger partial charge >= 0.3 is 0 Å². The second-order valence-corrected chi connectivity index (χ2v) is 11.7. The Labute approximate surface area is 187 Å². The van der Waals surface area contributed by atoms with E-state index in [0.717, 1.165) is 14.5 Å². The fourth-order valence-electron chi connectivity index (χ4n) is 4.80. The molecule has 1 N–H and O–H groups in total. The average molecular weight is 524 g/mol. The average Bonchev–Trinajstić information content (AvgIpc) is 2.52. The van der Waals surface area contributed by atoms with Crippen LogP contribution in [0.4, 0.5) is 0 Å². The predicted octanol–water partition coefficient (Wildman–Crippen LogP) is 6.53. The summed E-state index contributed by atoms with van der Waals surface area (Å²) in [5.74, 6) is 0.600. The summed E-state index contributed by atoms with van der Waals surface area (Å²) in [7, 11) is 0. The van der Waals surface area contributed by atoms with E-state index in [-0.39, 0.29) is 28.2 Å². The summed E-state index contributed by atoms with van der Waals surface area (Å²) in [6.45, 7) is 8.04. The molecule has 2 aliphatic carbocycles. The number of carbonyl (C=O) groups excluding carboxylic acids is 2. The van der Waals surface area contributed by atoms with Crippen molar-refractivity contribution in [3.63, 3.8) is 0 Å². The van der Waals surface area contributed by atoms with Gasteiger partial charge in [0.25, 0.3) is 0 Å². The molecule has 1 heterocycles. The number of allylic oxidation sites excluding steroid dienone is 4. The zero-order chi connectivity index (χ0) is 21.3. The number of hydrogen-bond donors (Lipinski definition) is 1. The molecular formula is C23H24Br2O4. The lowest BCUT2D eigenvalue weighted by molar-refractivity contribution is -0.119. The van der Waals surface area contributed by atoms with E-state index in [1.165, 1.54) is 0 Å². The van der Waals surface area contributed by atoms with E-state index in [1.807, 2.05) is 39.8 Å². The zero-order valence-corrected chi connectivity index (χ0v) is 20.2. The Kier molecular flexibility index (Phi) is 4.90. The maximum absolute atomic E-state index is 13.2. The van der Waals surface area contributed by atoms with Crippen LogP contribution in [0, 0.1) is 10.8 Å². The molecule has 0 unspecified atom stereocenters. The largest absolute Gasteiger partial charge is 0.512 e. The van der Waals surface area contributed by atoms with Crippen molar-refractivity contribution in [3.05, 3.63) is 49.3 Å². The number of carbonyl (C=O) groups is 2. The summed E-state index contributed by atoms with van der Waals surface area (Å²) in [5, 5.41) is 10.9. The minimum Gasteiger partial charge on any atom is -0.512 e. The van der Waals surface area contributed by atoms with Crippen molar-refractivity contribution in [3.8, 4) is 5.75 Å². The molecule has 0 amide bonds. The van der Waals surface area contributed by atoms with E-state index >= 15 is 0 Å². The van der Waals surface area contributed by atoms with Gasteiger partial charge in [0.2, 0.25) is 0 Å². The van der Waals surface area contributed by atoms with Gasteiger partial charge in [-0.25, -0.2) is 0 Å². The highest BCUT2D eigenvalue weighted by Crippen LogP contribution is 2.54. The zero-order valence-electron chi connectivity index (χ0n) is 17.0. The van der Waals surface area contributed by atoms with E-state index in [4.69, 9.17) is 4.74 Å². The molecule has 1 aromatic rings. The van der Waals surface area contributed by atoms with Crippen LogP contribution < -0.4 is 4.74 Å². The van der Waals surface area contributed by atoms with Gasteiger partial charge < -0.3 is 9.84 Å². The van der Waals surface area contributed by atoms with Gasteiger partial charge in [-0.15, -0.1) is 0 Å². The predicted molar refractivity (Wildman–Crippen MR) is 118 cm³/mol. The fourth-order valence-corrected chi connectivity index (χ4v) is 6.14. The number of aliphatic hydroxyl groups is 1. The molecule has 0 saturated carbocycles. The summed E-state index contributed by atoms with van der Waals surface area (Å²) in [6, 6.07) is 3.77. The van der Waals surface area contributed by atoms with Crippen molar-refractivity contribution in [1.82, 2.24) is 0 Å². The van der Waals surface area contributed by atoms with Crippen LogP contribution in [-0.2, 0) is 9.59 Å². The molecule has 0 aromatic heterocycles. The number of ether oxygens (including phenoxy) is 1. The molecule has 6 heteroatoms. The number of ketones is 2. The Morgan fingerprint density at radius 2 is 1.52 bits per heavy atom. The first kappa shape index (κ1) is 20.9. The number of hydrogen-bond acceptors (Lipinski definition) is 4. The van der Waals surface area contributed by atoms with E-state index in [1.54, 1.807) is 0 Å². The maximum Gasteiger partial charge on any atom is 0.163 e. The first-order valence-electron chi connectivity index (χ1n) is 9.77. The van der Waals surface area contributed by atoms with Crippen molar-refractivity contribution in [2.75, 3.05) is 0 Å². The van der Waals surface area contributed by atoms with Crippen LogP contribution in [0.1, 0.15) is 64.9 Å². The van der Waals surface area contributed by atoms with Gasteiger partial charge in [0, 0.05) is 46.9 Å². The van der Waals surface area contributed by atoms with Gasteiger partial charge in [-0.2, -0.15) is 0 Å². The lowest BCUT2D eigenvalue weighted by Gasteiger charge is -2.40. The van der Waals surface area contributed by atoms with Gasteiger partial charge in [-0.05, 0) is 38.9 Å². The Hall–Kier alpha value is -1.40. The van der Waals surface area contributed by atoms with E-state index < -0.39 is 5.92 Å². The molecule has 29 heavy (non-hydrogen) atoms. The Balaban J connectivity index is 1.99. The summed E-state index contributed by atoms with van der Waals surface area (Å²) in [6.07, 6.45) is 1.76. The number of halogens is 2. The van der Waals surface area contributed by atoms with Crippen molar-refractivity contribution in [2.45, 2.75) is 59.3 Å². The highest BCUT2D eigenvalue weighted by molar-refractivity contribution is 9.11. The third-order valence-corrected chi connectivity index (χ3v) is 6.97. The van der Waals surface area contributed by atoms with Gasteiger partial charge in [0.15, 0.2) is 11.6 Å². The van der Waals surface area contributed by atoms with E-state index in [2.05, 4.69) is 31.9 Å². The second kappa shape index (κ2) is 6.81. The first-order valence-corrected chi connectivity index (χ1v) is 11.4. The van der Waals surface area contributed by atoms with Crippen LogP contribution in [0.3, 0.4) is 0 Å². The molecule has 0 saturated heterocycles. The molecule has 0 spiro atoms. The monoisotopic (exact) mass is 522 g/mol. The third-order valence-electron chi connectivity index (χ3n) is 5.93. The quantitative estimate of drug-likeness (QED) is 0.454. The number of rotatable bonds is 1. The topological polar surface area (TPSA) is 63.6 Å². The van der Waals surface area contributed by atoms with Crippen LogP contribution in [0.15, 0.2) is 43.7 Å². The van der Waals surface area contributed by atoms with E-state index in [9.17, 15) is 14.7 Å². The second-order valence-electron chi connectivity index (χ2n) is 9.92. The molecule has 4 rings (SSSR count). The van der Waals surface area contributed by atoms with Crippen LogP contribution in [0.5, 0.6) is 5.75 Å². The number of fused-ring (bicyclic) bond motifs is 1. The third kappa shape index (κ3) is 3.63. The fraction of sp³-hybridized carbons (Fsp3) is 0.478. The van der Waals surface area contributed by atoms with Crippen molar-refractivity contribution in [1.29, 1.82) is 0 Å². The molecular weight excluding hydrogens is 500 g/mol. The highest BCUT2D eigenvalue weighted by atomic mass is 79.9. The Morgan fingerprint density at radius 1 is 0.931 bits per heavy atom.